The van der Waals surface area contributed by atoms with E-state index in [0.717, 1.165) is 12.1 Å². The van der Waals surface area contributed by atoms with Crippen LogP contribution in [0.1, 0.15) is 37.1 Å². The summed E-state index contributed by atoms with van der Waals surface area (Å²) in [5, 5.41) is 11.4. The molecule has 0 saturated heterocycles. The number of nitrogen functional groups attached to an aromatic ring is 1. The number of nitrogens with zero attached hydrogens (tertiary/aromatic N) is 4. The highest BCUT2D eigenvalue weighted by atomic mass is 32.1. The lowest BCUT2D eigenvalue weighted by Gasteiger charge is -2.31. The zero-order chi connectivity index (χ0) is 22.8. The second-order valence-corrected chi connectivity index (χ2v) is 9.01. The van der Waals surface area contributed by atoms with Gasteiger partial charge in [-0.3, -0.25) is 4.79 Å². The summed E-state index contributed by atoms with van der Waals surface area (Å²) < 4.78 is 43.5. The fourth-order valence-corrected chi connectivity index (χ4v) is 4.88. The van der Waals surface area contributed by atoms with Crippen molar-refractivity contribution in [2.75, 3.05) is 11.1 Å². The zero-order valence-electron chi connectivity index (χ0n) is 17.0. The first-order valence-corrected chi connectivity index (χ1v) is 10.6. The SMILES string of the molecule is CC1(C)CC(=O)Nc2nc(-n3nc(Cc4c(F)ccc(F)c4F)c4cscc43)nc(N)c21. The molecule has 4 heterocycles. The van der Waals surface area contributed by atoms with Crippen LogP contribution in [0.3, 0.4) is 0 Å². The molecule has 164 valence electrons. The van der Waals surface area contributed by atoms with E-state index in [4.69, 9.17) is 5.73 Å². The molecule has 32 heavy (non-hydrogen) atoms. The van der Waals surface area contributed by atoms with Crippen molar-refractivity contribution in [3.8, 4) is 5.95 Å². The summed E-state index contributed by atoms with van der Waals surface area (Å²) in [5.74, 6) is -2.82. The molecule has 1 aliphatic rings. The summed E-state index contributed by atoms with van der Waals surface area (Å²) >= 11 is 1.36. The molecule has 0 radical (unpaired) electrons. The van der Waals surface area contributed by atoms with Crippen LogP contribution in [0, 0.1) is 17.5 Å². The molecule has 4 aromatic rings. The number of nitrogens with two attached hydrogens (primary N) is 1. The van der Waals surface area contributed by atoms with Crippen LogP contribution in [0.25, 0.3) is 16.9 Å². The topological polar surface area (TPSA) is 98.7 Å². The molecule has 0 saturated carbocycles. The van der Waals surface area contributed by atoms with E-state index in [0.29, 0.717) is 28.0 Å². The number of fused-ring (bicyclic) bond motifs is 2. The van der Waals surface area contributed by atoms with Crippen molar-refractivity contribution in [1.82, 2.24) is 19.7 Å². The Hall–Kier alpha value is -3.47. The highest BCUT2D eigenvalue weighted by molar-refractivity contribution is 7.09. The number of hydrogen-bond donors (Lipinski definition) is 2. The first-order valence-electron chi connectivity index (χ1n) is 9.70. The summed E-state index contributed by atoms with van der Waals surface area (Å²) in [5.41, 5.74) is 6.83. The summed E-state index contributed by atoms with van der Waals surface area (Å²) in [7, 11) is 0. The Morgan fingerprint density at radius 1 is 1.19 bits per heavy atom. The second kappa shape index (κ2) is 7.02. The lowest BCUT2D eigenvalue weighted by atomic mass is 9.79. The van der Waals surface area contributed by atoms with Crippen LogP contribution in [-0.4, -0.2) is 25.7 Å². The average Bonchev–Trinajstić information content (AvgIpc) is 3.30. The molecular formula is C21H17F3N6OS. The minimum absolute atomic E-state index is 0.106. The molecule has 5 rings (SSSR count). The van der Waals surface area contributed by atoms with Gasteiger partial charge in [0, 0.05) is 45.5 Å². The van der Waals surface area contributed by atoms with Crippen molar-refractivity contribution in [2.45, 2.75) is 32.1 Å². The van der Waals surface area contributed by atoms with Gasteiger partial charge < -0.3 is 11.1 Å². The lowest BCUT2D eigenvalue weighted by molar-refractivity contribution is -0.117. The van der Waals surface area contributed by atoms with Gasteiger partial charge in [0.25, 0.3) is 5.95 Å². The smallest absolute Gasteiger partial charge is 0.255 e. The predicted molar refractivity (Wildman–Crippen MR) is 114 cm³/mol. The van der Waals surface area contributed by atoms with E-state index in [9.17, 15) is 18.0 Å². The van der Waals surface area contributed by atoms with Gasteiger partial charge in [-0.1, -0.05) is 13.8 Å². The Morgan fingerprint density at radius 2 is 1.94 bits per heavy atom. The van der Waals surface area contributed by atoms with Crippen molar-refractivity contribution in [3.05, 3.63) is 57.2 Å². The maximum Gasteiger partial charge on any atom is 0.255 e. The normalized spacial score (nSPS) is 15.1. The Kier molecular flexibility index (Phi) is 4.48. The number of benzene rings is 1. The summed E-state index contributed by atoms with van der Waals surface area (Å²) in [6.07, 6.45) is -0.0157. The molecule has 0 spiro atoms. The molecule has 1 amide bonds. The molecule has 0 unspecified atom stereocenters. The van der Waals surface area contributed by atoms with Gasteiger partial charge in [-0.15, -0.1) is 11.3 Å². The number of halogens is 3. The molecular weight excluding hydrogens is 441 g/mol. The van der Waals surface area contributed by atoms with Crippen molar-refractivity contribution >= 4 is 39.8 Å². The number of nitrogens with one attached hydrogen (secondary N) is 1. The minimum atomic E-state index is -1.25. The van der Waals surface area contributed by atoms with Crippen LogP contribution in [-0.2, 0) is 16.6 Å². The summed E-state index contributed by atoms with van der Waals surface area (Å²) in [6, 6.07) is 1.62. The molecule has 7 nitrogen and oxygen atoms in total. The molecule has 0 atom stereocenters. The maximum atomic E-state index is 14.2. The molecule has 0 bridgehead atoms. The summed E-state index contributed by atoms with van der Waals surface area (Å²) in [4.78, 5) is 21.0. The van der Waals surface area contributed by atoms with Crippen LogP contribution in [0.15, 0.2) is 22.9 Å². The zero-order valence-corrected chi connectivity index (χ0v) is 17.9. The number of rotatable bonds is 3. The van der Waals surface area contributed by atoms with Crippen LogP contribution in [0.5, 0.6) is 0 Å². The third-order valence-electron chi connectivity index (χ3n) is 5.54. The van der Waals surface area contributed by atoms with E-state index in [1.54, 1.807) is 10.8 Å². The van der Waals surface area contributed by atoms with Gasteiger partial charge in [0.1, 0.15) is 17.5 Å². The van der Waals surface area contributed by atoms with Crippen LogP contribution >= 0.6 is 11.3 Å². The van der Waals surface area contributed by atoms with E-state index >= 15 is 0 Å². The summed E-state index contributed by atoms with van der Waals surface area (Å²) in [6.45, 7) is 3.77. The first kappa shape index (κ1) is 20.4. The van der Waals surface area contributed by atoms with Crippen LogP contribution in [0.4, 0.5) is 24.8 Å². The molecule has 3 N–H and O–H groups in total. The van der Waals surface area contributed by atoms with Gasteiger partial charge in [0.05, 0.1) is 11.2 Å². The van der Waals surface area contributed by atoms with E-state index < -0.39 is 28.4 Å². The number of hydrogen-bond acceptors (Lipinski definition) is 6. The molecule has 0 fully saturated rings. The monoisotopic (exact) mass is 458 g/mol. The van der Waals surface area contributed by atoms with E-state index in [1.807, 2.05) is 13.8 Å². The van der Waals surface area contributed by atoms with E-state index in [1.165, 1.54) is 16.0 Å². The Labute approximate surface area is 184 Å². The van der Waals surface area contributed by atoms with E-state index in [-0.39, 0.29) is 30.5 Å². The molecule has 1 aliphatic heterocycles. The van der Waals surface area contributed by atoms with Crippen LogP contribution in [0.2, 0.25) is 0 Å². The standard InChI is InChI=1S/C21H17F3N6OS/c1-21(2)6-15(31)26-19-16(21)18(25)27-20(28-19)30-14-8-32-7-10(14)13(29-30)5-9-11(22)3-4-12(23)17(9)24/h3-4,7-8H,5-6H2,1-2H3,(H3,25,26,27,28,31). The molecule has 3 aromatic heterocycles. The number of carbonyl (C=O) groups is 1. The number of amides is 1. The number of anilines is 2. The minimum Gasteiger partial charge on any atom is -0.383 e. The Morgan fingerprint density at radius 3 is 2.72 bits per heavy atom. The maximum absolute atomic E-state index is 14.2. The fraction of sp³-hybridized carbons (Fsp3) is 0.238. The third-order valence-corrected chi connectivity index (χ3v) is 6.27. The molecule has 0 aliphatic carbocycles. The van der Waals surface area contributed by atoms with Crippen molar-refractivity contribution in [3.63, 3.8) is 0 Å². The lowest BCUT2D eigenvalue weighted by Crippen LogP contribution is -2.34. The quantitative estimate of drug-likeness (QED) is 0.451. The number of thiophene rings is 1. The van der Waals surface area contributed by atoms with Gasteiger partial charge in [0.15, 0.2) is 11.6 Å². The van der Waals surface area contributed by atoms with Crippen molar-refractivity contribution in [2.24, 2.45) is 0 Å². The van der Waals surface area contributed by atoms with E-state index in [2.05, 4.69) is 20.4 Å². The predicted octanol–water partition coefficient (Wildman–Crippen LogP) is 4.09. The second-order valence-electron chi connectivity index (χ2n) is 8.27. The van der Waals surface area contributed by atoms with Gasteiger partial charge in [0.2, 0.25) is 5.91 Å². The highest BCUT2D eigenvalue weighted by Crippen LogP contribution is 2.39. The Bertz CT molecular complexity index is 1410. The van der Waals surface area contributed by atoms with Crippen molar-refractivity contribution < 1.29 is 18.0 Å². The number of carbonyl (C=O) groups excluding carboxylic acids is 1. The van der Waals surface area contributed by atoms with Gasteiger partial charge in [-0.2, -0.15) is 19.7 Å². The van der Waals surface area contributed by atoms with Crippen molar-refractivity contribution in [1.29, 1.82) is 0 Å². The average molecular weight is 458 g/mol. The van der Waals surface area contributed by atoms with Gasteiger partial charge in [-0.05, 0) is 12.1 Å². The number of aromatic nitrogens is 4. The third kappa shape index (κ3) is 3.11. The first-order chi connectivity index (χ1) is 15.2. The largest absolute Gasteiger partial charge is 0.383 e. The molecule has 1 aromatic carbocycles. The van der Waals surface area contributed by atoms with Gasteiger partial charge >= 0.3 is 0 Å². The van der Waals surface area contributed by atoms with Gasteiger partial charge in [-0.25, -0.2) is 13.2 Å². The Balaban J connectivity index is 1.64. The van der Waals surface area contributed by atoms with Crippen LogP contribution < -0.4 is 11.1 Å². The molecule has 11 heteroatoms. The fourth-order valence-electron chi connectivity index (χ4n) is 4.06. The highest BCUT2D eigenvalue weighted by Gasteiger charge is 2.36.